The average molecular weight is 596 g/mol. The maximum Gasteiger partial charge on any atom is 0.336 e. The second-order valence-electron chi connectivity index (χ2n) is 10.6. The minimum Gasteiger partial charge on any atom is -0.478 e. The van der Waals surface area contributed by atoms with E-state index in [0.29, 0.717) is 0 Å². The smallest absolute Gasteiger partial charge is 0.336 e. The van der Waals surface area contributed by atoms with Gasteiger partial charge < -0.3 is 34.1 Å². The number of hydrogen-bond acceptors (Lipinski definition) is 7. The predicted octanol–water partition coefficient (Wildman–Crippen LogP) is 5.12. The van der Waals surface area contributed by atoms with E-state index in [1.165, 1.54) is 12.1 Å². The molecule has 2 fully saturated rings. The van der Waals surface area contributed by atoms with Crippen LogP contribution in [0.4, 0.5) is 0 Å². The summed E-state index contributed by atoms with van der Waals surface area (Å²) in [6, 6.07) is 34.1. The SMILES string of the molecule is O=C(O)c1ccccc1C(=O)N[C@@H]1[C@H](OCc2ccccc2)OC2COC(c3ccccc3)O[C@H]2[C@@H]1OCc1ccccc1. The zero-order valence-corrected chi connectivity index (χ0v) is 23.9. The van der Waals surface area contributed by atoms with Crippen molar-refractivity contribution in [1.29, 1.82) is 0 Å². The molecule has 226 valence electrons. The van der Waals surface area contributed by atoms with Crippen LogP contribution in [0.3, 0.4) is 0 Å². The molecule has 6 rings (SSSR count). The van der Waals surface area contributed by atoms with Crippen LogP contribution < -0.4 is 5.32 Å². The number of nitrogens with one attached hydrogen (secondary N) is 1. The zero-order chi connectivity index (χ0) is 30.3. The number of carbonyl (C=O) groups is 2. The summed E-state index contributed by atoms with van der Waals surface area (Å²) in [6.45, 7) is 0.655. The van der Waals surface area contributed by atoms with E-state index in [2.05, 4.69) is 5.32 Å². The lowest BCUT2D eigenvalue weighted by molar-refractivity contribution is -0.350. The normalized spacial score (nSPS) is 24.6. The van der Waals surface area contributed by atoms with Gasteiger partial charge in [0, 0.05) is 5.56 Å². The van der Waals surface area contributed by atoms with Crippen LogP contribution >= 0.6 is 0 Å². The van der Waals surface area contributed by atoms with Crippen LogP contribution in [-0.4, -0.2) is 54.2 Å². The van der Waals surface area contributed by atoms with Gasteiger partial charge in [0.1, 0.15) is 24.4 Å². The molecule has 0 aliphatic carbocycles. The molecule has 2 heterocycles. The van der Waals surface area contributed by atoms with Crippen LogP contribution in [-0.2, 0) is 36.9 Å². The highest BCUT2D eigenvalue weighted by molar-refractivity contribution is 6.04. The van der Waals surface area contributed by atoms with Gasteiger partial charge in [-0.2, -0.15) is 0 Å². The number of rotatable bonds is 10. The van der Waals surface area contributed by atoms with Crippen molar-refractivity contribution in [2.45, 2.75) is 50.1 Å². The summed E-state index contributed by atoms with van der Waals surface area (Å²) in [7, 11) is 0. The Bertz CT molecular complexity index is 1530. The second kappa shape index (κ2) is 13.9. The number of benzene rings is 4. The van der Waals surface area contributed by atoms with E-state index in [9.17, 15) is 14.7 Å². The van der Waals surface area contributed by atoms with Gasteiger partial charge in [-0.25, -0.2) is 4.79 Å². The fourth-order valence-corrected chi connectivity index (χ4v) is 5.46. The third-order valence-corrected chi connectivity index (χ3v) is 7.65. The molecule has 2 aliphatic heterocycles. The first-order chi connectivity index (χ1) is 21.6. The summed E-state index contributed by atoms with van der Waals surface area (Å²) in [5, 5.41) is 12.7. The molecule has 9 nitrogen and oxygen atoms in total. The number of aromatic carboxylic acids is 1. The van der Waals surface area contributed by atoms with Gasteiger partial charge in [0.05, 0.1) is 30.9 Å². The van der Waals surface area contributed by atoms with Gasteiger partial charge in [-0.1, -0.05) is 103 Å². The molecule has 44 heavy (non-hydrogen) atoms. The molecule has 6 atom stereocenters. The van der Waals surface area contributed by atoms with E-state index < -0.39 is 48.8 Å². The number of carbonyl (C=O) groups excluding carboxylic acids is 1. The average Bonchev–Trinajstić information content (AvgIpc) is 3.08. The number of carboxylic acid groups (broad SMARTS) is 1. The van der Waals surface area contributed by atoms with Gasteiger partial charge in [-0.3, -0.25) is 4.79 Å². The predicted molar refractivity (Wildman–Crippen MR) is 160 cm³/mol. The summed E-state index contributed by atoms with van der Waals surface area (Å²) >= 11 is 0. The molecule has 4 aromatic rings. The Labute approximate surface area is 255 Å². The molecule has 0 radical (unpaired) electrons. The minimum absolute atomic E-state index is 0.0146. The van der Waals surface area contributed by atoms with Crippen LogP contribution in [0, 0.1) is 0 Å². The van der Waals surface area contributed by atoms with Gasteiger partial charge in [0.25, 0.3) is 5.91 Å². The first-order valence-electron chi connectivity index (χ1n) is 14.5. The number of amides is 1. The van der Waals surface area contributed by atoms with E-state index in [4.69, 9.17) is 23.7 Å². The topological polar surface area (TPSA) is 113 Å². The Hall–Kier alpha value is -4.38. The highest BCUT2D eigenvalue weighted by Crippen LogP contribution is 2.36. The number of fused-ring (bicyclic) bond motifs is 1. The third-order valence-electron chi connectivity index (χ3n) is 7.65. The summed E-state index contributed by atoms with van der Waals surface area (Å²) < 4.78 is 31.8. The molecule has 9 heteroatoms. The largest absolute Gasteiger partial charge is 0.478 e. The highest BCUT2D eigenvalue weighted by atomic mass is 16.7. The lowest BCUT2D eigenvalue weighted by Crippen LogP contribution is -2.67. The van der Waals surface area contributed by atoms with Crippen molar-refractivity contribution in [3.8, 4) is 0 Å². The van der Waals surface area contributed by atoms with Gasteiger partial charge in [0.15, 0.2) is 12.6 Å². The van der Waals surface area contributed by atoms with Gasteiger partial charge in [0.2, 0.25) is 0 Å². The molecule has 2 N–H and O–H groups in total. The molecular weight excluding hydrogens is 562 g/mol. The van der Waals surface area contributed by atoms with Crippen LogP contribution in [0.1, 0.15) is 43.7 Å². The summed E-state index contributed by atoms with van der Waals surface area (Å²) in [5.74, 6) is -1.80. The zero-order valence-electron chi connectivity index (χ0n) is 23.9. The quantitative estimate of drug-likeness (QED) is 0.260. The van der Waals surface area contributed by atoms with E-state index >= 15 is 0 Å². The Kier molecular flexibility index (Phi) is 9.40. The van der Waals surface area contributed by atoms with Gasteiger partial charge in [-0.05, 0) is 23.3 Å². The van der Waals surface area contributed by atoms with Crippen molar-refractivity contribution in [3.05, 3.63) is 143 Å². The second-order valence-corrected chi connectivity index (χ2v) is 10.6. The lowest BCUT2D eigenvalue weighted by atomic mass is 9.94. The van der Waals surface area contributed by atoms with Crippen molar-refractivity contribution in [1.82, 2.24) is 5.32 Å². The minimum atomic E-state index is -1.21. The highest BCUT2D eigenvalue weighted by Gasteiger charge is 2.52. The van der Waals surface area contributed by atoms with Crippen LogP contribution in [0.25, 0.3) is 0 Å². The molecule has 0 spiro atoms. The fourth-order valence-electron chi connectivity index (χ4n) is 5.46. The Balaban J connectivity index is 1.33. The molecule has 1 amide bonds. The molecule has 2 saturated heterocycles. The third kappa shape index (κ3) is 6.88. The van der Waals surface area contributed by atoms with Crippen molar-refractivity contribution in [2.24, 2.45) is 0 Å². The first-order valence-corrected chi connectivity index (χ1v) is 14.5. The summed E-state index contributed by atoms with van der Waals surface area (Å²) in [6.07, 6.45) is -3.58. The molecule has 4 aromatic carbocycles. The number of hydrogen-bond donors (Lipinski definition) is 2. The van der Waals surface area contributed by atoms with Crippen molar-refractivity contribution in [2.75, 3.05) is 6.61 Å². The number of carboxylic acids is 1. The lowest BCUT2D eigenvalue weighted by Gasteiger charge is -2.49. The summed E-state index contributed by atoms with van der Waals surface area (Å²) in [4.78, 5) is 25.7. The van der Waals surface area contributed by atoms with Crippen molar-refractivity contribution >= 4 is 11.9 Å². The molecule has 2 unspecified atom stereocenters. The molecule has 2 aliphatic rings. The van der Waals surface area contributed by atoms with E-state index in [1.807, 2.05) is 91.0 Å². The maximum absolute atomic E-state index is 13.7. The number of ether oxygens (including phenoxy) is 5. The first kappa shape index (κ1) is 29.7. The summed E-state index contributed by atoms with van der Waals surface area (Å²) in [5.41, 5.74) is 2.59. The van der Waals surface area contributed by atoms with E-state index in [1.54, 1.807) is 12.1 Å². The van der Waals surface area contributed by atoms with E-state index in [0.717, 1.165) is 16.7 Å². The van der Waals surface area contributed by atoms with Crippen molar-refractivity contribution < 1.29 is 38.4 Å². The monoisotopic (exact) mass is 595 g/mol. The standard InChI is InChI=1S/C35H33NO8/c37-32(26-18-10-11-19-27(26)33(38)39)36-29-31(40-20-23-12-4-1-5-13-23)30-28(22-42-34(44-30)25-16-8-3-9-17-25)43-35(29)41-21-24-14-6-2-7-15-24/h1-19,28-31,34-35H,20-22H2,(H,36,37)(H,38,39)/t28?,29-,30+,31+,34?,35+/m0/s1. The Morgan fingerprint density at radius 3 is 1.93 bits per heavy atom. The van der Waals surface area contributed by atoms with Gasteiger partial charge in [-0.15, -0.1) is 0 Å². The van der Waals surface area contributed by atoms with Crippen LogP contribution in [0.15, 0.2) is 115 Å². The van der Waals surface area contributed by atoms with Crippen LogP contribution in [0.5, 0.6) is 0 Å². The van der Waals surface area contributed by atoms with Crippen LogP contribution in [0.2, 0.25) is 0 Å². The van der Waals surface area contributed by atoms with E-state index in [-0.39, 0.29) is 30.9 Å². The Morgan fingerprint density at radius 1 is 0.727 bits per heavy atom. The molecule has 0 saturated carbocycles. The van der Waals surface area contributed by atoms with Crippen molar-refractivity contribution in [3.63, 3.8) is 0 Å². The maximum atomic E-state index is 13.7. The van der Waals surface area contributed by atoms with Gasteiger partial charge >= 0.3 is 5.97 Å². The molecular formula is C35H33NO8. The molecule has 0 aromatic heterocycles. The molecule has 0 bridgehead atoms. The Morgan fingerprint density at radius 2 is 1.30 bits per heavy atom. The fraction of sp³-hybridized carbons (Fsp3) is 0.257.